The van der Waals surface area contributed by atoms with Gasteiger partial charge in [0, 0.05) is 7.05 Å². The van der Waals surface area contributed by atoms with Crippen LogP contribution in [-0.2, 0) is 0 Å². The summed E-state index contributed by atoms with van der Waals surface area (Å²) in [4.78, 5) is 14.0. The van der Waals surface area contributed by atoms with Crippen LogP contribution in [0.5, 0.6) is 0 Å². The Morgan fingerprint density at radius 3 is 2.67 bits per heavy atom. The van der Waals surface area contributed by atoms with E-state index in [-0.39, 0.29) is 12.6 Å². The summed E-state index contributed by atoms with van der Waals surface area (Å²) in [5, 5.41) is 8.61. The summed E-state index contributed by atoms with van der Waals surface area (Å²) < 4.78 is 0. The third-order valence-corrected chi connectivity index (χ3v) is 2.64. The number of hydrogen-bond acceptors (Lipinski definition) is 2. The van der Waals surface area contributed by atoms with E-state index in [0.717, 1.165) is 13.1 Å². The lowest BCUT2D eigenvalue weighted by Gasteiger charge is -2.18. The minimum Gasteiger partial charge on any atom is -0.465 e. The van der Waals surface area contributed by atoms with Gasteiger partial charge in [-0.05, 0) is 32.9 Å². The molecule has 0 saturated carbocycles. The highest BCUT2D eigenvalue weighted by atomic mass is 16.4. The Bertz CT molecular complexity index is 274. The van der Waals surface area contributed by atoms with Gasteiger partial charge in [-0.1, -0.05) is 11.8 Å². The molecule has 0 aromatic carbocycles. The van der Waals surface area contributed by atoms with Crippen LogP contribution in [0.2, 0.25) is 0 Å². The average molecular weight is 210 g/mol. The smallest absolute Gasteiger partial charge is 0.407 e. The van der Waals surface area contributed by atoms with Crippen molar-refractivity contribution in [1.29, 1.82) is 0 Å². The lowest BCUT2D eigenvalue weighted by atomic mass is 10.3. The van der Waals surface area contributed by atoms with Gasteiger partial charge >= 0.3 is 6.09 Å². The zero-order valence-corrected chi connectivity index (χ0v) is 9.36. The van der Waals surface area contributed by atoms with Crippen LogP contribution in [0.4, 0.5) is 4.79 Å². The molecular formula is C11H18N2O2. The minimum absolute atomic E-state index is 0.245. The van der Waals surface area contributed by atoms with Crippen LogP contribution >= 0.6 is 0 Å². The molecule has 1 unspecified atom stereocenters. The van der Waals surface area contributed by atoms with Crippen LogP contribution in [-0.4, -0.2) is 53.7 Å². The topological polar surface area (TPSA) is 43.8 Å². The molecule has 1 fully saturated rings. The van der Waals surface area contributed by atoms with Crippen LogP contribution in [0.25, 0.3) is 0 Å². The first-order valence-electron chi connectivity index (χ1n) is 5.28. The van der Waals surface area contributed by atoms with Gasteiger partial charge in [-0.2, -0.15) is 0 Å². The number of rotatable bonds is 2. The fourth-order valence-electron chi connectivity index (χ4n) is 1.60. The van der Waals surface area contributed by atoms with E-state index in [1.54, 1.807) is 0 Å². The van der Waals surface area contributed by atoms with Crippen molar-refractivity contribution in [1.82, 2.24) is 9.80 Å². The molecule has 0 aromatic rings. The van der Waals surface area contributed by atoms with Crippen molar-refractivity contribution in [3.63, 3.8) is 0 Å². The van der Waals surface area contributed by atoms with Crippen molar-refractivity contribution in [2.24, 2.45) is 0 Å². The van der Waals surface area contributed by atoms with Crippen molar-refractivity contribution < 1.29 is 9.90 Å². The Morgan fingerprint density at radius 2 is 2.13 bits per heavy atom. The van der Waals surface area contributed by atoms with Gasteiger partial charge in [-0.25, -0.2) is 4.79 Å². The number of hydrogen-bond donors (Lipinski definition) is 1. The molecule has 1 N–H and O–H groups in total. The quantitative estimate of drug-likeness (QED) is 0.694. The Morgan fingerprint density at radius 1 is 1.53 bits per heavy atom. The van der Waals surface area contributed by atoms with E-state index in [1.807, 2.05) is 0 Å². The van der Waals surface area contributed by atoms with Crippen molar-refractivity contribution in [3.8, 4) is 11.8 Å². The van der Waals surface area contributed by atoms with Crippen LogP contribution in [0.1, 0.15) is 19.8 Å². The Kier molecular flexibility index (Phi) is 4.44. The number of carbonyl (C=O) groups is 1. The van der Waals surface area contributed by atoms with Gasteiger partial charge in [-0.3, -0.25) is 4.90 Å². The Balaban J connectivity index is 2.33. The number of nitrogens with zero attached hydrogens (tertiary/aromatic N) is 2. The molecule has 15 heavy (non-hydrogen) atoms. The predicted octanol–water partition coefficient (Wildman–Crippen LogP) is 1.08. The second-order valence-electron chi connectivity index (χ2n) is 3.88. The average Bonchev–Trinajstić information content (AvgIpc) is 2.70. The van der Waals surface area contributed by atoms with E-state index >= 15 is 0 Å². The fourth-order valence-corrected chi connectivity index (χ4v) is 1.60. The van der Waals surface area contributed by atoms with Crippen LogP contribution in [0, 0.1) is 11.8 Å². The molecule has 0 aliphatic carbocycles. The predicted molar refractivity (Wildman–Crippen MR) is 58.7 cm³/mol. The van der Waals surface area contributed by atoms with Crippen LogP contribution in [0.15, 0.2) is 0 Å². The van der Waals surface area contributed by atoms with Gasteiger partial charge < -0.3 is 10.0 Å². The van der Waals surface area contributed by atoms with E-state index in [4.69, 9.17) is 5.11 Å². The molecule has 1 amide bonds. The lowest BCUT2D eigenvalue weighted by Crippen LogP contribution is -2.29. The highest BCUT2D eigenvalue weighted by Gasteiger charge is 2.15. The number of likely N-dealkylation sites (tertiary alicyclic amines) is 1. The molecule has 0 spiro atoms. The third kappa shape index (κ3) is 3.80. The first-order valence-corrected chi connectivity index (χ1v) is 5.28. The summed E-state index contributed by atoms with van der Waals surface area (Å²) in [5.74, 6) is 5.98. The second-order valence-corrected chi connectivity index (χ2v) is 3.88. The summed E-state index contributed by atoms with van der Waals surface area (Å²) in [5.41, 5.74) is 0. The first-order chi connectivity index (χ1) is 7.11. The van der Waals surface area contributed by atoms with Gasteiger partial charge in [-0.15, -0.1) is 0 Å². The standard InChI is InChI=1S/C11H18N2O2/c1-10(13-8-3-4-9-13)6-5-7-12(2)11(14)15/h10H,3-4,7-9H2,1-2H3,(H,14,15). The highest BCUT2D eigenvalue weighted by molar-refractivity contribution is 5.64. The van der Waals surface area contributed by atoms with Gasteiger partial charge in [0.15, 0.2) is 0 Å². The molecule has 4 heteroatoms. The summed E-state index contributed by atoms with van der Waals surface area (Å²) in [6, 6.07) is 0.245. The van der Waals surface area contributed by atoms with E-state index in [9.17, 15) is 4.79 Å². The molecule has 1 aliphatic heterocycles. The second kappa shape index (κ2) is 5.62. The van der Waals surface area contributed by atoms with Gasteiger partial charge in [0.05, 0.1) is 12.6 Å². The van der Waals surface area contributed by atoms with Crippen molar-refractivity contribution >= 4 is 6.09 Å². The minimum atomic E-state index is -0.932. The largest absolute Gasteiger partial charge is 0.465 e. The summed E-state index contributed by atoms with van der Waals surface area (Å²) in [6.45, 7) is 4.59. The third-order valence-electron chi connectivity index (χ3n) is 2.64. The highest BCUT2D eigenvalue weighted by Crippen LogP contribution is 2.10. The maximum atomic E-state index is 10.5. The first kappa shape index (κ1) is 11.9. The van der Waals surface area contributed by atoms with Gasteiger partial charge in [0.25, 0.3) is 0 Å². The Hall–Kier alpha value is -1.21. The van der Waals surface area contributed by atoms with Crippen molar-refractivity contribution in [2.75, 3.05) is 26.7 Å². The van der Waals surface area contributed by atoms with Gasteiger partial charge in [0.2, 0.25) is 0 Å². The summed E-state index contributed by atoms with van der Waals surface area (Å²) in [6.07, 6.45) is 1.57. The molecule has 84 valence electrons. The molecule has 0 radical (unpaired) electrons. The molecule has 0 aromatic heterocycles. The van der Waals surface area contributed by atoms with E-state index < -0.39 is 6.09 Å². The molecule has 1 aliphatic rings. The van der Waals surface area contributed by atoms with E-state index in [1.165, 1.54) is 24.8 Å². The molecule has 1 atom stereocenters. The molecule has 1 rings (SSSR count). The number of amides is 1. The SMILES string of the molecule is CC(C#CCN(C)C(=O)O)N1CCCC1. The lowest BCUT2D eigenvalue weighted by molar-refractivity contribution is 0.161. The zero-order chi connectivity index (χ0) is 11.3. The number of carboxylic acid groups (broad SMARTS) is 1. The normalized spacial score (nSPS) is 18.0. The molecule has 4 nitrogen and oxygen atoms in total. The fraction of sp³-hybridized carbons (Fsp3) is 0.727. The molecule has 1 heterocycles. The van der Waals surface area contributed by atoms with E-state index in [0.29, 0.717) is 0 Å². The monoisotopic (exact) mass is 210 g/mol. The zero-order valence-electron chi connectivity index (χ0n) is 9.36. The maximum absolute atomic E-state index is 10.5. The van der Waals surface area contributed by atoms with Crippen LogP contribution < -0.4 is 0 Å². The molecular weight excluding hydrogens is 192 g/mol. The summed E-state index contributed by atoms with van der Waals surface area (Å²) >= 11 is 0. The van der Waals surface area contributed by atoms with Crippen molar-refractivity contribution in [2.45, 2.75) is 25.8 Å². The van der Waals surface area contributed by atoms with E-state index in [2.05, 4.69) is 23.7 Å². The van der Waals surface area contributed by atoms with Crippen LogP contribution in [0.3, 0.4) is 0 Å². The summed E-state index contributed by atoms with van der Waals surface area (Å²) in [7, 11) is 1.53. The Labute approximate surface area is 90.9 Å². The van der Waals surface area contributed by atoms with Gasteiger partial charge in [0.1, 0.15) is 0 Å². The molecule has 1 saturated heterocycles. The maximum Gasteiger partial charge on any atom is 0.407 e. The molecule has 0 bridgehead atoms. The van der Waals surface area contributed by atoms with Crippen molar-refractivity contribution in [3.05, 3.63) is 0 Å².